The Kier molecular flexibility index (Phi) is 4.31. The summed E-state index contributed by atoms with van der Waals surface area (Å²) >= 11 is 0. The SMILES string of the molecule is COc1cc(-c2cn3ncc(F)c(N4CC5CCC(C4)N5C(=O)[C@@H]4C[C@H]4F)c3n2)ccn1. The second-order valence-corrected chi connectivity index (χ2v) is 8.72. The molecule has 3 fully saturated rings. The number of carbonyl (C=O) groups excluding carboxylic acids is 1. The van der Waals surface area contributed by atoms with Gasteiger partial charge in [-0.25, -0.2) is 23.3 Å². The molecule has 4 atom stereocenters. The lowest BCUT2D eigenvalue weighted by molar-refractivity contribution is -0.136. The lowest BCUT2D eigenvalue weighted by Gasteiger charge is -2.42. The topological polar surface area (TPSA) is 75.9 Å². The van der Waals surface area contributed by atoms with Crippen LogP contribution in [0.1, 0.15) is 19.3 Å². The molecule has 1 aliphatic carbocycles. The minimum absolute atomic E-state index is 0.0412. The number of rotatable bonds is 4. The summed E-state index contributed by atoms with van der Waals surface area (Å²) in [7, 11) is 1.54. The van der Waals surface area contributed by atoms with Crippen molar-refractivity contribution in [2.45, 2.75) is 37.5 Å². The number of amides is 1. The van der Waals surface area contributed by atoms with Crippen molar-refractivity contribution in [2.24, 2.45) is 5.92 Å². The van der Waals surface area contributed by atoms with Gasteiger partial charge in [0.25, 0.3) is 0 Å². The first kappa shape index (κ1) is 19.4. The van der Waals surface area contributed by atoms with E-state index >= 15 is 4.39 Å². The molecule has 10 heteroatoms. The molecule has 166 valence electrons. The highest BCUT2D eigenvalue weighted by atomic mass is 19.1. The van der Waals surface area contributed by atoms with Gasteiger partial charge in [-0.1, -0.05) is 0 Å². The van der Waals surface area contributed by atoms with E-state index in [-0.39, 0.29) is 18.0 Å². The number of carbonyl (C=O) groups is 1. The van der Waals surface area contributed by atoms with Gasteiger partial charge in [0, 0.05) is 43.0 Å². The Hall–Kier alpha value is -3.30. The molecular weight excluding hydrogens is 418 g/mol. The number of anilines is 1. The van der Waals surface area contributed by atoms with Gasteiger partial charge in [-0.2, -0.15) is 5.10 Å². The van der Waals surface area contributed by atoms with Crippen LogP contribution < -0.4 is 9.64 Å². The van der Waals surface area contributed by atoms with Gasteiger partial charge < -0.3 is 14.5 Å². The van der Waals surface area contributed by atoms with Gasteiger partial charge in [-0.15, -0.1) is 0 Å². The molecule has 2 bridgehead atoms. The fourth-order valence-corrected chi connectivity index (χ4v) is 5.07. The minimum atomic E-state index is -1.01. The van der Waals surface area contributed by atoms with Gasteiger partial charge in [0.15, 0.2) is 11.5 Å². The zero-order chi connectivity index (χ0) is 22.0. The quantitative estimate of drug-likeness (QED) is 0.621. The van der Waals surface area contributed by atoms with Crippen LogP contribution in [0.5, 0.6) is 5.88 Å². The molecule has 3 aromatic heterocycles. The normalized spacial score (nSPS) is 26.6. The maximum absolute atomic E-state index is 15.0. The predicted molar refractivity (Wildman–Crippen MR) is 112 cm³/mol. The number of ether oxygens (including phenoxy) is 1. The van der Waals surface area contributed by atoms with Crippen molar-refractivity contribution in [3.8, 4) is 17.1 Å². The highest BCUT2D eigenvalue weighted by Crippen LogP contribution is 2.41. The van der Waals surface area contributed by atoms with Crippen LogP contribution in [0.15, 0.2) is 30.7 Å². The number of methoxy groups -OCH3 is 1. The first-order chi connectivity index (χ1) is 15.5. The smallest absolute Gasteiger partial charge is 0.229 e. The van der Waals surface area contributed by atoms with Gasteiger partial charge in [0.05, 0.1) is 31.1 Å². The molecule has 1 amide bonds. The van der Waals surface area contributed by atoms with E-state index in [0.29, 0.717) is 42.4 Å². The van der Waals surface area contributed by atoms with Crippen molar-refractivity contribution in [1.29, 1.82) is 0 Å². The van der Waals surface area contributed by atoms with Gasteiger partial charge >= 0.3 is 0 Å². The fourth-order valence-electron chi connectivity index (χ4n) is 5.07. The van der Waals surface area contributed by atoms with Crippen molar-refractivity contribution in [3.05, 3.63) is 36.5 Å². The highest BCUT2D eigenvalue weighted by molar-refractivity contribution is 5.84. The average Bonchev–Trinajstić information content (AvgIpc) is 3.27. The van der Waals surface area contributed by atoms with Gasteiger partial charge in [-0.3, -0.25) is 4.79 Å². The first-order valence-corrected chi connectivity index (χ1v) is 10.8. The van der Waals surface area contributed by atoms with Crippen LogP contribution in [0.4, 0.5) is 14.5 Å². The van der Waals surface area contributed by atoms with E-state index in [1.54, 1.807) is 36.2 Å². The second kappa shape index (κ2) is 7.11. The molecule has 2 saturated heterocycles. The Balaban J connectivity index is 1.34. The minimum Gasteiger partial charge on any atom is -0.481 e. The Bertz CT molecular complexity index is 1200. The van der Waals surface area contributed by atoms with Crippen LogP contribution in [-0.4, -0.2) is 68.8 Å². The number of aromatic nitrogens is 4. The number of imidazole rings is 1. The van der Waals surface area contributed by atoms with Crippen molar-refractivity contribution in [1.82, 2.24) is 24.5 Å². The third-order valence-electron chi connectivity index (χ3n) is 6.74. The van der Waals surface area contributed by atoms with Crippen LogP contribution in [0.2, 0.25) is 0 Å². The van der Waals surface area contributed by atoms with E-state index < -0.39 is 17.9 Å². The number of pyridine rings is 1. The van der Waals surface area contributed by atoms with E-state index in [0.717, 1.165) is 18.4 Å². The molecule has 3 aliphatic rings. The molecule has 0 radical (unpaired) electrons. The molecule has 5 heterocycles. The van der Waals surface area contributed by atoms with Crippen molar-refractivity contribution < 1.29 is 18.3 Å². The third kappa shape index (κ3) is 3.00. The number of nitrogens with zero attached hydrogens (tertiary/aromatic N) is 6. The van der Waals surface area contributed by atoms with E-state index in [2.05, 4.69) is 15.1 Å². The van der Waals surface area contributed by atoms with Gasteiger partial charge in [0.1, 0.15) is 11.9 Å². The van der Waals surface area contributed by atoms with Crippen molar-refractivity contribution in [3.63, 3.8) is 0 Å². The van der Waals surface area contributed by atoms with Gasteiger partial charge in [0.2, 0.25) is 11.8 Å². The molecule has 2 aliphatic heterocycles. The molecule has 8 nitrogen and oxygen atoms in total. The molecule has 0 spiro atoms. The number of piperazine rings is 1. The molecular formula is C22H22F2N6O2. The second-order valence-electron chi connectivity index (χ2n) is 8.72. The Morgan fingerprint density at radius 1 is 1.25 bits per heavy atom. The summed E-state index contributed by atoms with van der Waals surface area (Å²) in [6.45, 7) is 0.988. The summed E-state index contributed by atoms with van der Waals surface area (Å²) in [6, 6.07) is 3.49. The molecule has 2 unspecified atom stereocenters. The number of hydrogen-bond donors (Lipinski definition) is 0. The Labute approximate surface area is 182 Å². The monoisotopic (exact) mass is 440 g/mol. The number of hydrogen-bond acceptors (Lipinski definition) is 6. The van der Waals surface area contributed by atoms with E-state index in [1.807, 2.05) is 9.80 Å². The molecule has 0 N–H and O–H groups in total. The van der Waals surface area contributed by atoms with Crippen molar-refractivity contribution in [2.75, 3.05) is 25.1 Å². The largest absolute Gasteiger partial charge is 0.481 e. The maximum Gasteiger partial charge on any atom is 0.229 e. The zero-order valence-corrected chi connectivity index (χ0v) is 17.5. The van der Waals surface area contributed by atoms with Crippen LogP contribution in [0.25, 0.3) is 16.9 Å². The molecule has 6 rings (SSSR count). The third-order valence-corrected chi connectivity index (χ3v) is 6.74. The molecule has 1 saturated carbocycles. The predicted octanol–water partition coefficient (Wildman–Crippen LogP) is 2.48. The van der Waals surface area contributed by atoms with E-state index in [1.165, 1.54) is 6.20 Å². The van der Waals surface area contributed by atoms with Crippen LogP contribution in [-0.2, 0) is 4.79 Å². The first-order valence-electron chi connectivity index (χ1n) is 10.8. The molecule has 32 heavy (non-hydrogen) atoms. The van der Waals surface area contributed by atoms with Gasteiger partial charge in [-0.05, 0) is 25.3 Å². The molecule has 0 aromatic carbocycles. The summed E-state index contributed by atoms with van der Waals surface area (Å²) in [6.07, 6.45) is 5.57. The van der Waals surface area contributed by atoms with Crippen LogP contribution in [0.3, 0.4) is 0 Å². The summed E-state index contributed by atoms with van der Waals surface area (Å²) in [5.74, 6) is -0.560. The summed E-state index contributed by atoms with van der Waals surface area (Å²) in [5.41, 5.74) is 2.21. The number of halogens is 2. The highest BCUT2D eigenvalue weighted by Gasteiger charge is 2.52. The Morgan fingerprint density at radius 3 is 2.69 bits per heavy atom. The van der Waals surface area contributed by atoms with Crippen molar-refractivity contribution >= 4 is 17.2 Å². The standard InChI is InChI=1S/C22H22F2N6O2/c1-32-19-6-12(4-5-25-19)18-11-29-21(27-18)20(17(24)8-26-29)28-9-13-2-3-14(10-28)30(13)22(31)15-7-16(15)23/h4-6,8,11,13-16H,2-3,7,9-10H2,1H3/t13?,14?,15-,16-/m1/s1. The number of fused-ring (bicyclic) bond motifs is 3. The summed E-state index contributed by atoms with van der Waals surface area (Å²) in [5, 5.41) is 4.16. The summed E-state index contributed by atoms with van der Waals surface area (Å²) in [4.78, 5) is 25.3. The van der Waals surface area contributed by atoms with Crippen LogP contribution >= 0.6 is 0 Å². The lowest BCUT2D eigenvalue weighted by atomic mass is 10.1. The van der Waals surface area contributed by atoms with E-state index in [4.69, 9.17) is 4.74 Å². The van der Waals surface area contributed by atoms with Crippen LogP contribution in [0, 0.1) is 11.7 Å². The molecule has 3 aromatic rings. The fraction of sp³-hybridized carbons (Fsp3) is 0.455. The number of alkyl halides is 1. The van der Waals surface area contributed by atoms with E-state index in [9.17, 15) is 9.18 Å². The average molecular weight is 440 g/mol. The lowest BCUT2D eigenvalue weighted by Crippen LogP contribution is -2.56. The summed E-state index contributed by atoms with van der Waals surface area (Å²) < 4.78 is 35.3. The maximum atomic E-state index is 15.0. The zero-order valence-electron chi connectivity index (χ0n) is 17.5. The Morgan fingerprint density at radius 2 is 2.00 bits per heavy atom.